The van der Waals surface area contributed by atoms with Gasteiger partial charge in [-0.2, -0.15) is 0 Å². The third-order valence-electron chi connectivity index (χ3n) is 3.77. The lowest BCUT2D eigenvalue weighted by molar-refractivity contribution is -0.124. The minimum absolute atomic E-state index is 0.191. The van der Waals surface area contributed by atoms with Crippen LogP contribution in [-0.4, -0.2) is 29.8 Å². The molecule has 94 valence electrons. The van der Waals surface area contributed by atoms with E-state index in [0.29, 0.717) is 17.7 Å². The van der Waals surface area contributed by atoms with Crippen LogP contribution < -0.4 is 0 Å². The highest BCUT2D eigenvalue weighted by Crippen LogP contribution is 2.21. The van der Waals surface area contributed by atoms with Crippen LogP contribution in [0, 0.1) is 5.92 Å². The zero-order valence-corrected chi connectivity index (χ0v) is 11.3. The summed E-state index contributed by atoms with van der Waals surface area (Å²) in [6, 6.07) is 0.711. The van der Waals surface area contributed by atoms with Gasteiger partial charge in [0.05, 0.1) is 6.04 Å². The third-order valence-corrected chi connectivity index (χ3v) is 3.77. The highest BCUT2D eigenvalue weighted by Gasteiger charge is 2.27. The minimum Gasteiger partial charge on any atom is -0.298 e. The van der Waals surface area contributed by atoms with Crippen LogP contribution >= 0.6 is 0 Å². The van der Waals surface area contributed by atoms with Gasteiger partial charge in [-0.3, -0.25) is 9.69 Å². The first-order valence-electron chi connectivity index (χ1n) is 6.77. The van der Waals surface area contributed by atoms with Crippen molar-refractivity contribution >= 4 is 5.78 Å². The Hall–Kier alpha value is -0.370. The zero-order valence-electron chi connectivity index (χ0n) is 11.3. The van der Waals surface area contributed by atoms with Gasteiger partial charge in [0.2, 0.25) is 0 Å². The first kappa shape index (κ1) is 13.7. The van der Waals surface area contributed by atoms with Gasteiger partial charge in [0.25, 0.3) is 0 Å². The lowest BCUT2D eigenvalue weighted by atomic mass is 9.99. The Morgan fingerprint density at radius 3 is 2.56 bits per heavy atom. The van der Waals surface area contributed by atoms with Gasteiger partial charge in [-0.15, -0.1) is 0 Å². The molecule has 0 aliphatic heterocycles. The number of ketones is 1. The molecule has 1 aliphatic rings. The summed E-state index contributed by atoms with van der Waals surface area (Å²) in [6.45, 7) is 6.75. The fraction of sp³-hybridized carbons (Fsp3) is 0.929. The zero-order chi connectivity index (χ0) is 12.1. The van der Waals surface area contributed by atoms with Crippen LogP contribution in [0.15, 0.2) is 0 Å². The van der Waals surface area contributed by atoms with Crippen LogP contribution in [0.4, 0.5) is 0 Å². The number of hydrogen-bond donors (Lipinski definition) is 0. The van der Waals surface area contributed by atoms with E-state index in [1.165, 1.54) is 19.3 Å². The second-order valence-electron chi connectivity index (χ2n) is 5.73. The van der Waals surface area contributed by atoms with Gasteiger partial charge in [-0.1, -0.05) is 26.7 Å². The van der Waals surface area contributed by atoms with Crippen molar-refractivity contribution in [2.45, 2.75) is 71.4 Å². The molecule has 0 N–H and O–H groups in total. The Bertz CT molecular complexity index is 225. The number of likely N-dealkylation sites (N-methyl/N-ethyl adjacent to an activating group) is 1. The molecule has 0 aromatic rings. The molecule has 1 aliphatic carbocycles. The van der Waals surface area contributed by atoms with Crippen LogP contribution in [0.2, 0.25) is 0 Å². The molecule has 0 bridgehead atoms. The maximum Gasteiger partial charge on any atom is 0.149 e. The fourth-order valence-electron chi connectivity index (χ4n) is 2.73. The maximum atomic E-state index is 12.0. The van der Waals surface area contributed by atoms with E-state index in [2.05, 4.69) is 32.7 Å². The van der Waals surface area contributed by atoms with E-state index >= 15 is 0 Å². The molecule has 0 aromatic heterocycles. The van der Waals surface area contributed by atoms with E-state index < -0.39 is 0 Å². The molecular formula is C14H27NO. The van der Waals surface area contributed by atoms with E-state index in [-0.39, 0.29) is 6.04 Å². The highest BCUT2D eigenvalue weighted by atomic mass is 16.1. The Kier molecular flexibility index (Phi) is 5.47. The normalized spacial score (nSPS) is 24.9. The molecule has 1 rings (SSSR count). The van der Waals surface area contributed by atoms with E-state index in [0.717, 1.165) is 19.3 Å². The molecule has 16 heavy (non-hydrogen) atoms. The van der Waals surface area contributed by atoms with Crippen LogP contribution in [0.5, 0.6) is 0 Å². The minimum atomic E-state index is 0.191. The van der Waals surface area contributed by atoms with Crippen LogP contribution in [0.3, 0.4) is 0 Å². The van der Waals surface area contributed by atoms with Crippen molar-refractivity contribution in [3.05, 3.63) is 0 Å². The quantitative estimate of drug-likeness (QED) is 0.684. The van der Waals surface area contributed by atoms with E-state index in [9.17, 15) is 4.79 Å². The first-order chi connectivity index (χ1) is 7.52. The number of carbonyl (C=O) groups is 1. The first-order valence-corrected chi connectivity index (χ1v) is 6.77. The van der Waals surface area contributed by atoms with Gasteiger partial charge >= 0.3 is 0 Å². The van der Waals surface area contributed by atoms with Gasteiger partial charge in [-0.25, -0.2) is 0 Å². The lowest BCUT2D eigenvalue weighted by Crippen LogP contribution is -2.43. The van der Waals surface area contributed by atoms with Gasteiger partial charge < -0.3 is 0 Å². The predicted octanol–water partition coefficient (Wildman–Crippen LogP) is 3.25. The predicted molar refractivity (Wildman–Crippen MR) is 68.6 cm³/mol. The summed E-state index contributed by atoms with van der Waals surface area (Å²) < 4.78 is 0. The molecule has 2 atom stereocenters. The average Bonchev–Trinajstić information content (AvgIpc) is 2.40. The number of nitrogens with zero attached hydrogens (tertiary/aromatic N) is 1. The fourth-order valence-corrected chi connectivity index (χ4v) is 2.73. The van der Waals surface area contributed by atoms with Gasteiger partial charge in [0.1, 0.15) is 5.78 Å². The molecule has 0 aromatic carbocycles. The summed E-state index contributed by atoms with van der Waals surface area (Å²) in [4.78, 5) is 14.3. The van der Waals surface area contributed by atoms with Gasteiger partial charge in [-0.05, 0) is 39.2 Å². The van der Waals surface area contributed by atoms with Crippen molar-refractivity contribution in [1.82, 2.24) is 4.90 Å². The summed E-state index contributed by atoms with van der Waals surface area (Å²) in [7, 11) is 2.13. The van der Waals surface area contributed by atoms with Crippen molar-refractivity contribution in [2.24, 2.45) is 5.92 Å². The second kappa shape index (κ2) is 6.39. The molecule has 2 heteroatoms. The molecule has 0 radical (unpaired) electrons. The molecule has 2 nitrogen and oxygen atoms in total. The Balaban J connectivity index is 2.55. The lowest BCUT2D eigenvalue weighted by Gasteiger charge is -2.32. The van der Waals surface area contributed by atoms with Crippen molar-refractivity contribution in [3.8, 4) is 0 Å². The molecule has 0 spiro atoms. The second-order valence-corrected chi connectivity index (χ2v) is 5.73. The Morgan fingerprint density at radius 1 is 1.25 bits per heavy atom. The van der Waals surface area contributed by atoms with Crippen LogP contribution in [-0.2, 0) is 4.79 Å². The van der Waals surface area contributed by atoms with Gasteiger partial charge in [0, 0.05) is 12.5 Å². The smallest absolute Gasteiger partial charge is 0.149 e. The third kappa shape index (κ3) is 3.89. The van der Waals surface area contributed by atoms with Crippen molar-refractivity contribution in [3.63, 3.8) is 0 Å². The van der Waals surface area contributed by atoms with E-state index in [4.69, 9.17) is 0 Å². The molecule has 1 saturated carbocycles. The SMILES string of the molecule is CC(C)CC(C)N(C)C1CCCCCC1=O. The standard InChI is InChI=1S/C14H27NO/c1-11(2)10-12(3)15(4)13-8-6-5-7-9-14(13)16/h11-13H,5-10H2,1-4H3. The molecular weight excluding hydrogens is 198 g/mol. The molecule has 0 amide bonds. The summed E-state index contributed by atoms with van der Waals surface area (Å²) >= 11 is 0. The number of rotatable bonds is 4. The largest absolute Gasteiger partial charge is 0.298 e. The maximum absolute atomic E-state index is 12.0. The average molecular weight is 225 g/mol. The van der Waals surface area contributed by atoms with Crippen molar-refractivity contribution in [1.29, 1.82) is 0 Å². The molecule has 0 saturated heterocycles. The van der Waals surface area contributed by atoms with Crippen LogP contribution in [0.1, 0.15) is 59.3 Å². The highest BCUT2D eigenvalue weighted by molar-refractivity contribution is 5.84. The van der Waals surface area contributed by atoms with Crippen LogP contribution in [0.25, 0.3) is 0 Å². The monoisotopic (exact) mass is 225 g/mol. The number of carbonyl (C=O) groups excluding carboxylic acids is 1. The summed E-state index contributed by atoms with van der Waals surface area (Å²) in [5.41, 5.74) is 0. The Morgan fingerprint density at radius 2 is 1.94 bits per heavy atom. The van der Waals surface area contributed by atoms with E-state index in [1.807, 2.05) is 0 Å². The summed E-state index contributed by atoms with van der Waals surface area (Å²) in [6.07, 6.45) is 6.59. The van der Waals surface area contributed by atoms with E-state index in [1.54, 1.807) is 0 Å². The summed E-state index contributed by atoms with van der Waals surface area (Å²) in [5, 5.41) is 0. The Labute approximate surface area is 100 Å². The summed E-state index contributed by atoms with van der Waals surface area (Å²) in [5.74, 6) is 1.17. The number of Topliss-reactive ketones (excluding diaryl/α,β-unsaturated/α-hetero) is 1. The van der Waals surface area contributed by atoms with Crippen molar-refractivity contribution < 1.29 is 4.79 Å². The molecule has 1 fully saturated rings. The van der Waals surface area contributed by atoms with Gasteiger partial charge in [0.15, 0.2) is 0 Å². The van der Waals surface area contributed by atoms with Crippen molar-refractivity contribution in [2.75, 3.05) is 7.05 Å². The topological polar surface area (TPSA) is 20.3 Å². The number of hydrogen-bond acceptors (Lipinski definition) is 2. The molecule has 0 heterocycles. The molecule has 2 unspecified atom stereocenters.